The SMILES string of the molecule is CCNC(=NCCc1cc(F)cc2c1OCOC2)N1CCSC(C)(C)C1. The van der Waals surface area contributed by atoms with E-state index in [0.717, 1.165) is 48.2 Å². The summed E-state index contributed by atoms with van der Waals surface area (Å²) < 4.78 is 24.9. The van der Waals surface area contributed by atoms with Gasteiger partial charge in [-0.25, -0.2) is 4.39 Å². The monoisotopic (exact) mass is 381 g/mol. The van der Waals surface area contributed by atoms with Gasteiger partial charge in [-0.05, 0) is 44.9 Å². The fraction of sp³-hybridized carbons (Fsp3) is 0.632. The van der Waals surface area contributed by atoms with E-state index < -0.39 is 0 Å². The highest BCUT2D eigenvalue weighted by Crippen LogP contribution is 2.30. The lowest BCUT2D eigenvalue weighted by molar-refractivity contribution is -0.0172. The summed E-state index contributed by atoms with van der Waals surface area (Å²) in [6, 6.07) is 3.03. The van der Waals surface area contributed by atoms with Crippen LogP contribution in [0.3, 0.4) is 0 Å². The van der Waals surface area contributed by atoms with Crippen LogP contribution in [0.5, 0.6) is 5.75 Å². The number of aliphatic imine (C=N–C) groups is 1. The van der Waals surface area contributed by atoms with Crippen molar-refractivity contribution in [3.05, 3.63) is 29.1 Å². The number of ether oxygens (including phenoxy) is 2. The van der Waals surface area contributed by atoms with Crippen LogP contribution in [0.4, 0.5) is 4.39 Å². The summed E-state index contributed by atoms with van der Waals surface area (Å²) in [6.45, 7) is 10.6. The highest BCUT2D eigenvalue weighted by molar-refractivity contribution is 8.00. The molecule has 1 aromatic carbocycles. The second-order valence-corrected chi connectivity index (χ2v) is 8.98. The van der Waals surface area contributed by atoms with Gasteiger partial charge in [-0.1, -0.05) is 0 Å². The molecule has 1 aromatic rings. The second-order valence-electron chi connectivity index (χ2n) is 7.18. The summed E-state index contributed by atoms with van der Waals surface area (Å²) >= 11 is 2.00. The predicted molar refractivity (Wildman–Crippen MR) is 104 cm³/mol. The Morgan fingerprint density at radius 1 is 1.42 bits per heavy atom. The normalized spacial score (nSPS) is 19.7. The molecule has 0 atom stereocenters. The van der Waals surface area contributed by atoms with Crippen LogP contribution in [0.2, 0.25) is 0 Å². The van der Waals surface area contributed by atoms with Crippen LogP contribution in [-0.4, -0.2) is 54.3 Å². The van der Waals surface area contributed by atoms with E-state index >= 15 is 0 Å². The first kappa shape index (κ1) is 19.3. The predicted octanol–water partition coefficient (Wildman–Crippen LogP) is 3.03. The molecule has 1 saturated heterocycles. The van der Waals surface area contributed by atoms with Crippen molar-refractivity contribution in [1.82, 2.24) is 10.2 Å². The molecule has 5 nitrogen and oxygen atoms in total. The number of halogens is 1. The number of benzene rings is 1. The van der Waals surface area contributed by atoms with Crippen molar-refractivity contribution in [3.63, 3.8) is 0 Å². The maximum Gasteiger partial charge on any atom is 0.193 e. The molecule has 2 aliphatic rings. The summed E-state index contributed by atoms with van der Waals surface area (Å²) in [4.78, 5) is 7.11. The van der Waals surface area contributed by atoms with Gasteiger partial charge in [0.2, 0.25) is 0 Å². The molecule has 0 unspecified atom stereocenters. The molecule has 1 fully saturated rings. The molecule has 3 rings (SSSR count). The van der Waals surface area contributed by atoms with Crippen LogP contribution in [0.1, 0.15) is 31.9 Å². The molecule has 0 spiro atoms. The van der Waals surface area contributed by atoms with Gasteiger partial charge in [0.05, 0.1) is 6.61 Å². The van der Waals surface area contributed by atoms with E-state index in [2.05, 4.69) is 31.0 Å². The van der Waals surface area contributed by atoms with Gasteiger partial charge in [0, 0.05) is 42.2 Å². The first-order chi connectivity index (χ1) is 12.5. The maximum atomic E-state index is 13.9. The standard InChI is InChI=1S/C19H28FN3O2S/c1-4-21-18(23-7-8-26-19(2,3)12-23)22-6-5-14-9-16(20)10-15-11-24-13-25-17(14)15/h9-10H,4-8,11-13H2,1-3H3,(H,21,22). The molecule has 144 valence electrons. The molecule has 26 heavy (non-hydrogen) atoms. The quantitative estimate of drug-likeness (QED) is 0.642. The third-order valence-electron chi connectivity index (χ3n) is 4.45. The first-order valence-corrected chi connectivity index (χ1v) is 10.2. The van der Waals surface area contributed by atoms with Crippen molar-refractivity contribution >= 4 is 17.7 Å². The highest BCUT2D eigenvalue weighted by Gasteiger charge is 2.28. The molecule has 0 bridgehead atoms. The van der Waals surface area contributed by atoms with Gasteiger partial charge in [-0.15, -0.1) is 0 Å². The zero-order valence-corrected chi connectivity index (χ0v) is 16.6. The topological polar surface area (TPSA) is 46.1 Å². The lowest BCUT2D eigenvalue weighted by atomic mass is 10.1. The Kier molecular flexibility index (Phi) is 6.29. The summed E-state index contributed by atoms with van der Waals surface area (Å²) in [5.41, 5.74) is 1.63. The minimum Gasteiger partial charge on any atom is -0.467 e. The fourth-order valence-electron chi connectivity index (χ4n) is 3.35. The Hall–Kier alpha value is -1.47. The van der Waals surface area contributed by atoms with Crippen molar-refractivity contribution < 1.29 is 13.9 Å². The molecule has 2 heterocycles. The van der Waals surface area contributed by atoms with E-state index in [1.807, 2.05) is 11.8 Å². The van der Waals surface area contributed by atoms with Crippen LogP contribution >= 0.6 is 11.8 Å². The molecule has 0 aromatic heterocycles. The molecular weight excluding hydrogens is 353 g/mol. The number of guanidine groups is 1. The van der Waals surface area contributed by atoms with Crippen LogP contribution in [0.25, 0.3) is 0 Å². The van der Waals surface area contributed by atoms with Gasteiger partial charge in [-0.2, -0.15) is 11.8 Å². The number of nitrogens with one attached hydrogen (secondary N) is 1. The van der Waals surface area contributed by atoms with E-state index in [9.17, 15) is 4.39 Å². The van der Waals surface area contributed by atoms with E-state index in [4.69, 9.17) is 14.5 Å². The van der Waals surface area contributed by atoms with Gasteiger partial charge in [0.1, 0.15) is 11.6 Å². The zero-order valence-electron chi connectivity index (χ0n) is 15.8. The van der Waals surface area contributed by atoms with Crippen LogP contribution in [0, 0.1) is 5.82 Å². The minimum absolute atomic E-state index is 0.220. The molecule has 0 amide bonds. The lowest BCUT2D eigenvalue weighted by Gasteiger charge is -2.39. The van der Waals surface area contributed by atoms with Crippen LogP contribution in [-0.2, 0) is 17.8 Å². The van der Waals surface area contributed by atoms with Crippen molar-refractivity contribution in [3.8, 4) is 5.75 Å². The average Bonchev–Trinajstić information content (AvgIpc) is 2.60. The largest absolute Gasteiger partial charge is 0.467 e. The van der Waals surface area contributed by atoms with Crippen molar-refractivity contribution in [2.24, 2.45) is 4.99 Å². The zero-order chi connectivity index (χ0) is 18.6. The molecular formula is C19H28FN3O2S. The number of hydrogen-bond donors (Lipinski definition) is 1. The Balaban J connectivity index is 1.70. The minimum atomic E-state index is -0.251. The van der Waals surface area contributed by atoms with E-state index in [0.29, 0.717) is 19.6 Å². The summed E-state index contributed by atoms with van der Waals surface area (Å²) in [5.74, 6) is 2.55. The number of rotatable bonds is 4. The Morgan fingerprint density at radius 3 is 3.04 bits per heavy atom. The number of fused-ring (bicyclic) bond motifs is 1. The van der Waals surface area contributed by atoms with Crippen molar-refractivity contribution in [1.29, 1.82) is 0 Å². The van der Waals surface area contributed by atoms with Gasteiger partial charge in [-0.3, -0.25) is 4.99 Å². The number of hydrogen-bond acceptors (Lipinski definition) is 4. The summed E-state index contributed by atoms with van der Waals surface area (Å²) in [6.07, 6.45) is 0.640. The molecule has 0 aliphatic carbocycles. The molecule has 2 aliphatic heterocycles. The smallest absolute Gasteiger partial charge is 0.193 e. The van der Waals surface area contributed by atoms with E-state index in [1.54, 1.807) is 6.07 Å². The van der Waals surface area contributed by atoms with Gasteiger partial charge in [0.15, 0.2) is 12.8 Å². The first-order valence-electron chi connectivity index (χ1n) is 9.17. The number of thioether (sulfide) groups is 1. The second kappa shape index (κ2) is 8.48. The van der Waals surface area contributed by atoms with Crippen molar-refractivity contribution in [2.75, 3.05) is 38.7 Å². The Bertz CT molecular complexity index is 666. The molecule has 7 heteroatoms. The average molecular weight is 382 g/mol. The maximum absolute atomic E-state index is 13.9. The van der Waals surface area contributed by atoms with Crippen molar-refractivity contribution in [2.45, 2.75) is 38.5 Å². The summed E-state index contributed by atoms with van der Waals surface area (Å²) in [5, 5.41) is 3.39. The van der Waals surface area contributed by atoms with Crippen LogP contribution in [0.15, 0.2) is 17.1 Å². The summed E-state index contributed by atoms with van der Waals surface area (Å²) in [7, 11) is 0. The van der Waals surface area contributed by atoms with Gasteiger partial charge >= 0.3 is 0 Å². The number of nitrogens with zero attached hydrogens (tertiary/aromatic N) is 2. The van der Waals surface area contributed by atoms with E-state index in [-0.39, 0.29) is 17.4 Å². The third kappa shape index (κ3) is 4.82. The third-order valence-corrected chi connectivity index (χ3v) is 5.75. The Labute approximate surface area is 159 Å². The Morgan fingerprint density at radius 2 is 2.27 bits per heavy atom. The van der Waals surface area contributed by atoms with Crippen LogP contribution < -0.4 is 10.1 Å². The fourth-order valence-corrected chi connectivity index (χ4v) is 4.46. The van der Waals surface area contributed by atoms with Gasteiger partial charge in [0.25, 0.3) is 0 Å². The molecule has 1 N–H and O–H groups in total. The molecule has 0 saturated carbocycles. The van der Waals surface area contributed by atoms with E-state index in [1.165, 1.54) is 6.07 Å². The highest BCUT2D eigenvalue weighted by atomic mass is 32.2. The van der Waals surface area contributed by atoms with Gasteiger partial charge < -0.3 is 19.7 Å². The molecule has 0 radical (unpaired) electrons. The lowest BCUT2D eigenvalue weighted by Crippen LogP contribution is -2.51.